The predicted octanol–water partition coefficient (Wildman–Crippen LogP) is 0.631. The first kappa shape index (κ1) is 19.4. The van der Waals surface area contributed by atoms with Crippen LogP contribution >= 0.6 is 0 Å². The molecule has 0 rings (SSSR count). The molecule has 0 aliphatic carbocycles. The van der Waals surface area contributed by atoms with Crippen molar-refractivity contribution in [2.45, 2.75) is 46.1 Å². The Morgan fingerprint density at radius 3 is 2.43 bits per heavy atom. The first-order valence-corrected chi connectivity index (χ1v) is 7.25. The van der Waals surface area contributed by atoms with Gasteiger partial charge in [0.25, 0.3) is 0 Å². The minimum Gasteiger partial charge on any atom is -0.481 e. The van der Waals surface area contributed by atoms with E-state index in [4.69, 9.17) is 9.84 Å². The fraction of sp³-hybridized carbons (Fsp3) is 0.786. The lowest BCUT2D eigenvalue weighted by Gasteiger charge is -2.25. The van der Waals surface area contributed by atoms with Gasteiger partial charge in [-0.2, -0.15) is 0 Å². The summed E-state index contributed by atoms with van der Waals surface area (Å²) in [4.78, 5) is 35.2. The zero-order valence-corrected chi connectivity index (χ0v) is 13.1. The highest BCUT2D eigenvalue weighted by Gasteiger charge is 2.15. The Bertz CT molecular complexity index is 344. The summed E-state index contributed by atoms with van der Waals surface area (Å²) in [6.45, 7) is 6.83. The lowest BCUT2D eigenvalue weighted by atomic mass is 10.2. The van der Waals surface area contributed by atoms with Crippen LogP contribution in [0.15, 0.2) is 0 Å². The highest BCUT2D eigenvalue weighted by atomic mass is 16.5. The molecule has 7 heteroatoms. The van der Waals surface area contributed by atoms with Crippen LogP contribution in [0.25, 0.3) is 0 Å². The third-order valence-electron chi connectivity index (χ3n) is 2.88. The molecule has 0 radical (unpaired) electrons. The number of hydrogen-bond acceptors (Lipinski definition) is 5. The minimum absolute atomic E-state index is 0.00825. The monoisotopic (exact) mass is 302 g/mol. The number of esters is 1. The first-order chi connectivity index (χ1) is 9.86. The second-order valence-corrected chi connectivity index (χ2v) is 4.97. The van der Waals surface area contributed by atoms with Crippen molar-refractivity contribution < 1.29 is 24.2 Å². The van der Waals surface area contributed by atoms with Crippen molar-refractivity contribution in [1.82, 2.24) is 10.2 Å². The summed E-state index contributed by atoms with van der Waals surface area (Å²) in [5, 5.41) is 11.4. The summed E-state index contributed by atoms with van der Waals surface area (Å²) in [6.07, 6.45) is 0.816. The minimum atomic E-state index is -0.879. The van der Waals surface area contributed by atoms with Gasteiger partial charge in [0.1, 0.15) is 0 Å². The number of carboxylic acids is 1. The standard InChI is InChI=1S/C14H26N2O5/c1-4-21-14(20)6-5-8-15-12(17)10-16(11(2)3)9-7-13(18)19/h11H,4-10H2,1-3H3,(H,15,17)(H,18,19). The average Bonchev–Trinajstić information content (AvgIpc) is 2.39. The number of aliphatic carboxylic acids is 1. The van der Waals surface area contributed by atoms with Crippen LogP contribution < -0.4 is 5.32 Å². The molecule has 0 unspecified atom stereocenters. The smallest absolute Gasteiger partial charge is 0.305 e. The Hall–Kier alpha value is -1.63. The van der Waals surface area contributed by atoms with Crippen molar-refractivity contribution in [3.63, 3.8) is 0 Å². The number of carbonyl (C=O) groups excluding carboxylic acids is 2. The third kappa shape index (κ3) is 10.8. The average molecular weight is 302 g/mol. The molecule has 0 saturated heterocycles. The van der Waals surface area contributed by atoms with Gasteiger partial charge in [-0.1, -0.05) is 0 Å². The van der Waals surface area contributed by atoms with Gasteiger partial charge in [-0.05, 0) is 27.2 Å². The van der Waals surface area contributed by atoms with E-state index >= 15 is 0 Å². The zero-order valence-electron chi connectivity index (χ0n) is 13.1. The summed E-state index contributed by atoms with van der Waals surface area (Å²) in [6, 6.07) is 0.0923. The molecule has 21 heavy (non-hydrogen) atoms. The summed E-state index contributed by atoms with van der Waals surface area (Å²) < 4.78 is 4.78. The fourth-order valence-electron chi connectivity index (χ4n) is 1.69. The molecule has 1 amide bonds. The van der Waals surface area contributed by atoms with Crippen LogP contribution in [0.4, 0.5) is 0 Å². The summed E-state index contributed by atoms with van der Waals surface area (Å²) in [5.74, 6) is -1.31. The number of nitrogens with one attached hydrogen (secondary N) is 1. The number of ether oxygens (including phenoxy) is 1. The largest absolute Gasteiger partial charge is 0.481 e. The van der Waals surface area contributed by atoms with Crippen LogP contribution in [0, 0.1) is 0 Å². The summed E-state index contributed by atoms with van der Waals surface area (Å²) >= 11 is 0. The topological polar surface area (TPSA) is 95.9 Å². The second kappa shape index (κ2) is 11.1. The quantitative estimate of drug-likeness (QED) is 0.429. The molecule has 2 N–H and O–H groups in total. The van der Waals surface area contributed by atoms with E-state index in [1.807, 2.05) is 13.8 Å². The van der Waals surface area contributed by atoms with Crippen LogP contribution in [-0.4, -0.2) is 60.1 Å². The molecule has 0 aliphatic heterocycles. The van der Waals surface area contributed by atoms with E-state index in [1.165, 1.54) is 0 Å². The van der Waals surface area contributed by atoms with Gasteiger partial charge in [0, 0.05) is 25.6 Å². The molecule has 0 atom stereocenters. The molecule has 0 aromatic rings. The number of nitrogens with zero attached hydrogens (tertiary/aromatic N) is 1. The molecule has 122 valence electrons. The van der Waals surface area contributed by atoms with Crippen molar-refractivity contribution in [3.05, 3.63) is 0 Å². The van der Waals surface area contributed by atoms with Gasteiger partial charge in [-0.3, -0.25) is 19.3 Å². The van der Waals surface area contributed by atoms with Gasteiger partial charge in [-0.25, -0.2) is 0 Å². The van der Waals surface area contributed by atoms with Crippen LogP contribution in [0.3, 0.4) is 0 Å². The molecule has 7 nitrogen and oxygen atoms in total. The van der Waals surface area contributed by atoms with E-state index in [0.29, 0.717) is 26.1 Å². The maximum Gasteiger partial charge on any atom is 0.305 e. The van der Waals surface area contributed by atoms with Crippen molar-refractivity contribution in [3.8, 4) is 0 Å². The molecule has 0 saturated carbocycles. The predicted molar refractivity (Wildman–Crippen MR) is 77.8 cm³/mol. The second-order valence-electron chi connectivity index (χ2n) is 4.97. The van der Waals surface area contributed by atoms with Gasteiger partial charge in [0.2, 0.25) is 5.91 Å². The molecule has 0 heterocycles. The third-order valence-corrected chi connectivity index (χ3v) is 2.88. The van der Waals surface area contributed by atoms with E-state index in [0.717, 1.165) is 0 Å². The lowest BCUT2D eigenvalue weighted by Crippen LogP contribution is -2.42. The first-order valence-electron chi connectivity index (χ1n) is 7.25. The molecule has 0 aliphatic rings. The van der Waals surface area contributed by atoms with Gasteiger partial charge in [-0.15, -0.1) is 0 Å². The number of carboxylic acid groups (broad SMARTS) is 1. The van der Waals surface area contributed by atoms with Gasteiger partial charge < -0.3 is 15.2 Å². The SMILES string of the molecule is CCOC(=O)CCCNC(=O)CN(CCC(=O)O)C(C)C. The zero-order chi connectivity index (χ0) is 16.3. The summed E-state index contributed by atoms with van der Waals surface area (Å²) in [7, 11) is 0. The Labute approximate surface area is 125 Å². The van der Waals surface area contributed by atoms with Crippen LogP contribution in [0.1, 0.15) is 40.0 Å². The highest BCUT2D eigenvalue weighted by molar-refractivity contribution is 5.78. The molecular formula is C14H26N2O5. The lowest BCUT2D eigenvalue weighted by molar-refractivity contribution is -0.143. The maximum atomic E-state index is 11.8. The number of amides is 1. The molecular weight excluding hydrogens is 276 g/mol. The molecule has 0 bridgehead atoms. The number of rotatable bonds is 11. The molecule has 0 fully saturated rings. The van der Waals surface area contributed by atoms with Crippen LogP contribution in [0.5, 0.6) is 0 Å². The van der Waals surface area contributed by atoms with E-state index in [-0.39, 0.29) is 37.3 Å². The van der Waals surface area contributed by atoms with Gasteiger partial charge in [0.05, 0.1) is 19.6 Å². The van der Waals surface area contributed by atoms with E-state index in [9.17, 15) is 14.4 Å². The van der Waals surface area contributed by atoms with E-state index in [2.05, 4.69) is 5.32 Å². The Balaban J connectivity index is 3.93. The van der Waals surface area contributed by atoms with Crippen molar-refractivity contribution in [2.24, 2.45) is 0 Å². The number of carbonyl (C=O) groups is 3. The van der Waals surface area contributed by atoms with Gasteiger partial charge in [0.15, 0.2) is 0 Å². The molecule has 0 aromatic carbocycles. The Kier molecular flexibility index (Phi) is 10.2. The molecule has 0 spiro atoms. The summed E-state index contributed by atoms with van der Waals surface area (Å²) in [5.41, 5.74) is 0. The van der Waals surface area contributed by atoms with Gasteiger partial charge >= 0.3 is 11.9 Å². The fourth-order valence-corrected chi connectivity index (χ4v) is 1.69. The van der Waals surface area contributed by atoms with Crippen LogP contribution in [0.2, 0.25) is 0 Å². The van der Waals surface area contributed by atoms with Crippen molar-refractivity contribution in [1.29, 1.82) is 0 Å². The highest BCUT2D eigenvalue weighted by Crippen LogP contribution is 2.00. The van der Waals surface area contributed by atoms with Crippen LogP contribution in [-0.2, 0) is 19.1 Å². The van der Waals surface area contributed by atoms with E-state index in [1.54, 1.807) is 11.8 Å². The van der Waals surface area contributed by atoms with Crippen molar-refractivity contribution >= 4 is 17.8 Å². The number of hydrogen-bond donors (Lipinski definition) is 2. The maximum absolute atomic E-state index is 11.8. The van der Waals surface area contributed by atoms with E-state index < -0.39 is 5.97 Å². The normalized spacial score (nSPS) is 10.7. The Morgan fingerprint density at radius 2 is 1.90 bits per heavy atom. The molecule has 0 aromatic heterocycles. The van der Waals surface area contributed by atoms with Crippen molar-refractivity contribution in [2.75, 3.05) is 26.2 Å². The Morgan fingerprint density at radius 1 is 1.24 bits per heavy atom.